The van der Waals surface area contributed by atoms with Gasteiger partial charge in [-0.3, -0.25) is 0 Å². The van der Waals surface area contributed by atoms with Crippen LogP contribution in [0.15, 0.2) is 6.07 Å². The van der Waals surface area contributed by atoms with E-state index in [1.54, 1.807) is 0 Å². The molecule has 18 heavy (non-hydrogen) atoms. The van der Waals surface area contributed by atoms with Crippen molar-refractivity contribution in [3.05, 3.63) is 11.9 Å². The summed E-state index contributed by atoms with van der Waals surface area (Å²) in [5.41, 5.74) is 0. The number of nitrogens with zero attached hydrogens (tertiary/aromatic N) is 2. The number of rotatable bonds is 7. The van der Waals surface area contributed by atoms with Crippen molar-refractivity contribution in [1.82, 2.24) is 9.97 Å². The summed E-state index contributed by atoms with van der Waals surface area (Å²) in [5.74, 6) is 3.07. The van der Waals surface area contributed by atoms with Crippen LogP contribution in [0, 0.1) is 0 Å². The zero-order chi connectivity index (χ0) is 13.5. The van der Waals surface area contributed by atoms with Gasteiger partial charge >= 0.3 is 0 Å². The van der Waals surface area contributed by atoms with Gasteiger partial charge in [-0.05, 0) is 19.8 Å². The van der Waals surface area contributed by atoms with Crippen LogP contribution in [0.3, 0.4) is 0 Å². The summed E-state index contributed by atoms with van der Waals surface area (Å²) in [7, 11) is 0. The summed E-state index contributed by atoms with van der Waals surface area (Å²) in [5, 5.41) is 6.74. The molecule has 1 atom stereocenters. The third-order valence-electron chi connectivity index (χ3n) is 2.82. The van der Waals surface area contributed by atoms with Crippen molar-refractivity contribution in [3.63, 3.8) is 0 Å². The molecule has 0 spiro atoms. The van der Waals surface area contributed by atoms with Crippen LogP contribution in [-0.2, 0) is 0 Å². The Hall–Kier alpha value is -1.32. The number of anilines is 2. The Morgan fingerprint density at radius 1 is 1.11 bits per heavy atom. The molecule has 4 nitrogen and oxygen atoms in total. The molecular formula is C14H26N4. The van der Waals surface area contributed by atoms with Gasteiger partial charge in [-0.2, -0.15) is 0 Å². The van der Waals surface area contributed by atoms with E-state index >= 15 is 0 Å². The molecule has 0 aliphatic carbocycles. The van der Waals surface area contributed by atoms with Crippen molar-refractivity contribution in [2.45, 2.75) is 59.4 Å². The summed E-state index contributed by atoms with van der Waals surface area (Å²) in [4.78, 5) is 9.11. The van der Waals surface area contributed by atoms with Crippen LogP contribution in [0.4, 0.5) is 11.6 Å². The molecule has 0 amide bonds. The lowest BCUT2D eigenvalue weighted by atomic mass is 10.2. The Labute approximate surface area is 111 Å². The van der Waals surface area contributed by atoms with E-state index in [1.807, 2.05) is 6.07 Å². The maximum Gasteiger partial charge on any atom is 0.135 e. The summed E-state index contributed by atoms with van der Waals surface area (Å²) < 4.78 is 0. The van der Waals surface area contributed by atoms with Gasteiger partial charge in [0, 0.05) is 24.6 Å². The number of hydrogen-bond acceptors (Lipinski definition) is 4. The third kappa shape index (κ3) is 4.51. The number of aromatic nitrogens is 2. The molecule has 2 N–H and O–H groups in total. The molecule has 1 aromatic heterocycles. The van der Waals surface area contributed by atoms with Crippen molar-refractivity contribution in [1.29, 1.82) is 0 Å². The molecule has 0 radical (unpaired) electrons. The smallest absolute Gasteiger partial charge is 0.135 e. The molecule has 0 aliphatic rings. The average Bonchev–Trinajstić information content (AvgIpc) is 2.35. The van der Waals surface area contributed by atoms with E-state index in [-0.39, 0.29) is 0 Å². The van der Waals surface area contributed by atoms with Crippen LogP contribution < -0.4 is 10.6 Å². The normalized spacial score (nSPS) is 12.6. The first-order valence-electron chi connectivity index (χ1n) is 6.96. The third-order valence-corrected chi connectivity index (χ3v) is 2.82. The lowest BCUT2D eigenvalue weighted by Gasteiger charge is -2.15. The van der Waals surface area contributed by atoms with Gasteiger partial charge in [0.05, 0.1) is 0 Å². The van der Waals surface area contributed by atoms with Crippen LogP contribution >= 0.6 is 0 Å². The van der Waals surface area contributed by atoms with Gasteiger partial charge in [-0.25, -0.2) is 9.97 Å². The molecule has 0 aromatic carbocycles. The molecule has 0 fully saturated rings. The van der Waals surface area contributed by atoms with Gasteiger partial charge in [0.1, 0.15) is 17.5 Å². The van der Waals surface area contributed by atoms with Gasteiger partial charge < -0.3 is 10.6 Å². The first-order chi connectivity index (χ1) is 8.56. The van der Waals surface area contributed by atoms with Gasteiger partial charge in [0.15, 0.2) is 0 Å². The maximum absolute atomic E-state index is 4.57. The minimum Gasteiger partial charge on any atom is -0.370 e. The molecule has 4 heteroatoms. The van der Waals surface area contributed by atoms with Gasteiger partial charge in [-0.1, -0.05) is 27.7 Å². The Morgan fingerprint density at radius 3 is 2.33 bits per heavy atom. The molecule has 1 aromatic rings. The van der Waals surface area contributed by atoms with Crippen molar-refractivity contribution < 1.29 is 0 Å². The second-order valence-corrected chi connectivity index (χ2v) is 5.03. The molecule has 1 heterocycles. The molecule has 1 unspecified atom stereocenters. The van der Waals surface area contributed by atoms with Crippen LogP contribution in [0.25, 0.3) is 0 Å². The largest absolute Gasteiger partial charge is 0.370 e. The predicted octanol–water partition coefficient (Wildman–Crippen LogP) is 3.63. The van der Waals surface area contributed by atoms with Crippen LogP contribution in [0.1, 0.15) is 59.2 Å². The molecule has 102 valence electrons. The van der Waals surface area contributed by atoms with E-state index in [2.05, 4.69) is 55.2 Å². The fourth-order valence-corrected chi connectivity index (χ4v) is 1.50. The summed E-state index contributed by atoms with van der Waals surface area (Å²) >= 11 is 0. The van der Waals surface area contributed by atoms with E-state index in [9.17, 15) is 0 Å². The predicted molar refractivity (Wildman–Crippen MR) is 78.3 cm³/mol. The minimum atomic E-state index is 0.339. The molecular weight excluding hydrogens is 224 g/mol. The fraction of sp³-hybridized carbons (Fsp3) is 0.714. The topological polar surface area (TPSA) is 49.8 Å². The standard InChI is InChI=1S/C14H26N4/c1-6-8-15-12-9-13(16-11(5)7-2)18-14(17-12)10(3)4/h9-11H,6-8H2,1-5H3,(H2,15,16,17,18). The number of nitrogens with one attached hydrogen (secondary N) is 2. The zero-order valence-corrected chi connectivity index (χ0v) is 12.2. The highest BCUT2D eigenvalue weighted by atomic mass is 15.1. The zero-order valence-electron chi connectivity index (χ0n) is 12.2. The quantitative estimate of drug-likeness (QED) is 0.776. The Kier molecular flexibility index (Phi) is 5.89. The van der Waals surface area contributed by atoms with Crippen LogP contribution in [-0.4, -0.2) is 22.6 Å². The average molecular weight is 250 g/mol. The Morgan fingerprint density at radius 2 is 1.78 bits per heavy atom. The van der Waals surface area contributed by atoms with Crippen molar-refractivity contribution in [3.8, 4) is 0 Å². The van der Waals surface area contributed by atoms with Gasteiger partial charge in [0.25, 0.3) is 0 Å². The number of hydrogen-bond donors (Lipinski definition) is 2. The Balaban J connectivity index is 2.90. The summed E-state index contributed by atoms with van der Waals surface area (Å²) in [6, 6.07) is 2.42. The van der Waals surface area contributed by atoms with Crippen LogP contribution in [0.5, 0.6) is 0 Å². The van der Waals surface area contributed by atoms with Crippen molar-refractivity contribution >= 4 is 11.6 Å². The highest BCUT2D eigenvalue weighted by Crippen LogP contribution is 2.18. The fourth-order valence-electron chi connectivity index (χ4n) is 1.50. The SMILES string of the molecule is CCCNc1cc(NC(C)CC)nc(C(C)C)n1. The van der Waals surface area contributed by atoms with Crippen molar-refractivity contribution in [2.75, 3.05) is 17.2 Å². The first kappa shape index (κ1) is 14.7. The molecule has 0 aliphatic heterocycles. The second kappa shape index (κ2) is 7.19. The van der Waals surface area contributed by atoms with E-state index in [0.29, 0.717) is 12.0 Å². The van der Waals surface area contributed by atoms with Crippen molar-refractivity contribution in [2.24, 2.45) is 0 Å². The molecule has 1 rings (SSSR count). The monoisotopic (exact) mass is 250 g/mol. The van der Waals surface area contributed by atoms with Gasteiger partial charge in [-0.15, -0.1) is 0 Å². The van der Waals surface area contributed by atoms with E-state index in [4.69, 9.17) is 0 Å². The van der Waals surface area contributed by atoms with Gasteiger partial charge in [0.2, 0.25) is 0 Å². The summed E-state index contributed by atoms with van der Waals surface area (Å²) in [6.45, 7) is 11.7. The van der Waals surface area contributed by atoms with E-state index in [0.717, 1.165) is 36.8 Å². The van der Waals surface area contributed by atoms with E-state index in [1.165, 1.54) is 0 Å². The van der Waals surface area contributed by atoms with Crippen LogP contribution in [0.2, 0.25) is 0 Å². The second-order valence-electron chi connectivity index (χ2n) is 5.03. The summed E-state index contributed by atoms with van der Waals surface area (Å²) in [6.07, 6.45) is 2.17. The minimum absolute atomic E-state index is 0.339. The first-order valence-corrected chi connectivity index (χ1v) is 6.96. The molecule has 0 saturated heterocycles. The highest BCUT2D eigenvalue weighted by molar-refractivity contribution is 5.48. The lowest BCUT2D eigenvalue weighted by molar-refractivity contribution is 0.741. The van der Waals surface area contributed by atoms with E-state index < -0.39 is 0 Å². The highest BCUT2D eigenvalue weighted by Gasteiger charge is 2.09. The Bertz CT molecular complexity index is 363. The molecule has 0 bridgehead atoms. The molecule has 0 saturated carbocycles. The lowest BCUT2D eigenvalue weighted by Crippen LogP contribution is -2.16. The maximum atomic E-state index is 4.57.